The van der Waals surface area contributed by atoms with Crippen LogP contribution < -0.4 is 10.1 Å². The van der Waals surface area contributed by atoms with Crippen molar-refractivity contribution in [3.05, 3.63) is 29.3 Å². The summed E-state index contributed by atoms with van der Waals surface area (Å²) >= 11 is 2.08. The Balaban J connectivity index is 1.94. The molecule has 0 bridgehead atoms. The SMILES string of the molecule is Cc1cc(OCCCCCOSI)ccc1C(=O)N(C=O)C1CCC(=O)NC1=O. The Morgan fingerprint density at radius 1 is 1.31 bits per heavy atom. The Hall–Kier alpha value is -1.66. The molecule has 1 saturated heterocycles. The maximum Gasteiger partial charge on any atom is 0.261 e. The Kier molecular flexibility index (Phi) is 9.88. The van der Waals surface area contributed by atoms with Gasteiger partial charge >= 0.3 is 0 Å². The van der Waals surface area contributed by atoms with Crippen LogP contribution in [0.2, 0.25) is 0 Å². The van der Waals surface area contributed by atoms with Crippen molar-refractivity contribution in [3.63, 3.8) is 0 Å². The van der Waals surface area contributed by atoms with Gasteiger partial charge in [0, 0.05) is 33.2 Å². The van der Waals surface area contributed by atoms with Crippen molar-refractivity contribution in [2.24, 2.45) is 0 Å². The van der Waals surface area contributed by atoms with Crippen LogP contribution in [-0.2, 0) is 18.6 Å². The number of hydrogen-bond acceptors (Lipinski definition) is 7. The molecule has 1 aliphatic rings. The van der Waals surface area contributed by atoms with Crippen molar-refractivity contribution in [2.45, 2.75) is 45.1 Å². The number of benzene rings is 1. The van der Waals surface area contributed by atoms with Crippen molar-refractivity contribution < 1.29 is 28.1 Å². The molecule has 0 radical (unpaired) electrons. The first kappa shape index (κ1) is 23.6. The van der Waals surface area contributed by atoms with Crippen molar-refractivity contribution in [1.82, 2.24) is 10.2 Å². The average Bonchev–Trinajstić information content (AvgIpc) is 2.69. The third kappa shape index (κ3) is 6.96. The van der Waals surface area contributed by atoms with Gasteiger partial charge in [-0.2, -0.15) is 0 Å². The Labute approximate surface area is 185 Å². The third-order valence-electron chi connectivity index (χ3n) is 4.51. The maximum absolute atomic E-state index is 12.8. The van der Waals surface area contributed by atoms with Gasteiger partial charge in [-0.1, -0.05) is 0 Å². The van der Waals surface area contributed by atoms with Crippen LogP contribution in [0.5, 0.6) is 5.75 Å². The Morgan fingerprint density at radius 2 is 2.07 bits per heavy atom. The fraction of sp³-hybridized carbons (Fsp3) is 0.474. The number of rotatable bonds is 11. The van der Waals surface area contributed by atoms with E-state index in [1.165, 1.54) is 9.21 Å². The summed E-state index contributed by atoms with van der Waals surface area (Å²) in [7, 11) is 1.33. The quantitative estimate of drug-likeness (QED) is 0.153. The van der Waals surface area contributed by atoms with Crippen molar-refractivity contribution in [2.75, 3.05) is 13.2 Å². The lowest BCUT2D eigenvalue weighted by atomic mass is 10.0. The van der Waals surface area contributed by atoms with Gasteiger partial charge in [0.1, 0.15) is 11.8 Å². The maximum atomic E-state index is 12.8. The Morgan fingerprint density at radius 3 is 2.72 bits per heavy atom. The molecule has 1 atom stereocenters. The fourth-order valence-electron chi connectivity index (χ4n) is 2.98. The van der Waals surface area contributed by atoms with E-state index in [2.05, 4.69) is 26.5 Å². The summed E-state index contributed by atoms with van der Waals surface area (Å²) in [5.74, 6) is -0.983. The van der Waals surface area contributed by atoms with E-state index in [1.807, 2.05) is 0 Å². The highest BCUT2D eigenvalue weighted by molar-refractivity contribution is 14.2. The minimum Gasteiger partial charge on any atom is -0.494 e. The highest BCUT2D eigenvalue weighted by atomic mass is 127. The van der Waals surface area contributed by atoms with Crippen LogP contribution >= 0.6 is 30.4 Å². The zero-order valence-corrected chi connectivity index (χ0v) is 19.0. The van der Waals surface area contributed by atoms with E-state index in [4.69, 9.17) is 8.92 Å². The molecule has 1 aromatic rings. The number of halogens is 1. The predicted octanol–water partition coefficient (Wildman–Crippen LogP) is 2.96. The van der Waals surface area contributed by atoms with Gasteiger partial charge in [-0.3, -0.25) is 29.4 Å². The normalized spacial score (nSPS) is 16.3. The number of carbonyl (C=O) groups is 4. The van der Waals surface area contributed by atoms with Crippen molar-refractivity contribution in [3.8, 4) is 5.75 Å². The molecule has 158 valence electrons. The van der Waals surface area contributed by atoms with Gasteiger partial charge < -0.3 is 8.92 Å². The average molecular weight is 534 g/mol. The zero-order chi connectivity index (χ0) is 21.2. The molecule has 1 unspecified atom stereocenters. The van der Waals surface area contributed by atoms with E-state index in [9.17, 15) is 19.2 Å². The van der Waals surface area contributed by atoms with E-state index in [0.29, 0.717) is 36.5 Å². The zero-order valence-electron chi connectivity index (χ0n) is 16.0. The predicted molar refractivity (Wildman–Crippen MR) is 116 cm³/mol. The number of ether oxygens (including phenoxy) is 1. The summed E-state index contributed by atoms with van der Waals surface area (Å²) in [6, 6.07) is 4.00. The van der Waals surface area contributed by atoms with E-state index in [1.54, 1.807) is 25.1 Å². The van der Waals surface area contributed by atoms with Gasteiger partial charge in [-0.05, 0) is 56.4 Å². The number of aryl methyl sites for hydroxylation is 1. The number of carbonyl (C=O) groups excluding carboxylic acids is 4. The third-order valence-corrected chi connectivity index (χ3v) is 5.53. The molecule has 0 spiro atoms. The molecule has 8 nitrogen and oxygen atoms in total. The lowest BCUT2D eigenvalue weighted by molar-refractivity contribution is -0.139. The van der Waals surface area contributed by atoms with E-state index >= 15 is 0 Å². The highest BCUT2D eigenvalue weighted by Gasteiger charge is 2.35. The van der Waals surface area contributed by atoms with Crippen LogP contribution in [0.1, 0.15) is 48.0 Å². The van der Waals surface area contributed by atoms with Crippen LogP contribution in [0.3, 0.4) is 0 Å². The lowest BCUT2D eigenvalue weighted by Gasteiger charge is -2.28. The topological polar surface area (TPSA) is 102 Å². The fourth-order valence-corrected chi connectivity index (χ4v) is 3.70. The molecule has 1 aliphatic heterocycles. The smallest absolute Gasteiger partial charge is 0.261 e. The van der Waals surface area contributed by atoms with E-state index < -0.39 is 23.8 Å². The number of unbranched alkanes of at least 4 members (excludes halogenated alkanes) is 2. The molecule has 1 N–H and O–H groups in total. The largest absolute Gasteiger partial charge is 0.494 e. The van der Waals surface area contributed by atoms with Crippen LogP contribution in [-0.4, -0.2) is 48.3 Å². The number of hydrogen-bond donors (Lipinski definition) is 1. The lowest BCUT2D eigenvalue weighted by Crippen LogP contribution is -2.53. The van der Waals surface area contributed by atoms with Crippen molar-refractivity contribution in [1.29, 1.82) is 0 Å². The van der Waals surface area contributed by atoms with Crippen molar-refractivity contribution >= 4 is 54.6 Å². The second kappa shape index (κ2) is 12.1. The molecule has 2 rings (SSSR count). The van der Waals surface area contributed by atoms with Crippen LogP contribution in [0.25, 0.3) is 0 Å². The van der Waals surface area contributed by atoms with Gasteiger partial charge in [-0.25, -0.2) is 0 Å². The monoisotopic (exact) mass is 534 g/mol. The second-order valence-electron chi connectivity index (χ2n) is 6.56. The number of imide groups is 2. The van der Waals surface area contributed by atoms with Gasteiger partial charge in [0.15, 0.2) is 0 Å². The first-order valence-electron chi connectivity index (χ1n) is 9.23. The van der Waals surface area contributed by atoms with Gasteiger partial charge in [0.2, 0.25) is 18.2 Å². The van der Waals surface area contributed by atoms with Crippen LogP contribution in [0.4, 0.5) is 0 Å². The van der Waals surface area contributed by atoms with E-state index in [-0.39, 0.29) is 12.8 Å². The standard InChI is InChI=1S/C19H23IN2O6S/c1-13-11-14(27-9-3-2-4-10-28-29-20)5-6-15(13)19(26)22(12-23)16-7-8-17(24)21-18(16)25/h5-6,11-12,16H,2-4,7-10H2,1H3,(H,21,24,25). The number of nitrogens with one attached hydrogen (secondary N) is 1. The molecule has 29 heavy (non-hydrogen) atoms. The number of piperidine rings is 1. The molecule has 1 fully saturated rings. The van der Waals surface area contributed by atoms with Gasteiger partial charge in [-0.15, -0.1) is 0 Å². The summed E-state index contributed by atoms with van der Waals surface area (Å²) < 4.78 is 10.9. The first-order valence-corrected chi connectivity index (χ1v) is 12.5. The summed E-state index contributed by atoms with van der Waals surface area (Å²) in [6.45, 7) is 3.01. The minimum atomic E-state index is -0.984. The summed E-state index contributed by atoms with van der Waals surface area (Å²) in [5.41, 5.74) is 0.946. The highest BCUT2D eigenvalue weighted by Crippen LogP contribution is 2.21. The molecular formula is C19H23IN2O6S. The van der Waals surface area contributed by atoms with Crippen LogP contribution in [0.15, 0.2) is 18.2 Å². The minimum absolute atomic E-state index is 0.0861. The van der Waals surface area contributed by atoms with Gasteiger partial charge in [0.05, 0.1) is 22.4 Å². The molecule has 1 aromatic carbocycles. The first-order chi connectivity index (χ1) is 14.0. The molecular weight excluding hydrogens is 511 g/mol. The number of amides is 4. The van der Waals surface area contributed by atoms with E-state index in [0.717, 1.165) is 24.2 Å². The van der Waals surface area contributed by atoms with Crippen LogP contribution in [0, 0.1) is 6.92 Å². The van der Waals surface area contributed by atoms with Gasteiger partial charge in [0.25, 0.3) is 5.91 Å². The summed E-state index contributed by atoms with van der Waals surface area (Å²) in [4.78, 5) is 48.4. The summed E-state index contributed by atoms with van der Waals surface area (Å²) in [6.07, 6.45) is 3.40. The summed E-state index contributed by atoms with van der Waals surface area (Å²) in [5, 5.41) is 2.16. The molecule has 0 aliphatic carbocycles. The number of nitrogens with zero attached hydrogens (tertiary/aromatic N) is 1. The molecule has 10 heteroatoms. The molecule has 1 heterocycles. The molecule has 4 amide bonds. The molecule has 0 aromatic heterocycles. The Bertz CT molecular complexity index is 760. The molecule has 0 saturated carbocycles. The second-order valence-corrected chi connectivity index (χ2v) is 8.00.